The minimum atomic E-state index is -4.84. The summed E-state index contributed by atoms with van der Waals surface area (Å²) in [6.45, 7) is 0. The second kappa shape index (κ2) is 6.12. The number of benzene rings is 1. The number of alkyl halides is 3. The van der Waals surface area contributed by atoms with Crippen LogP contribution in [0.4, 0.5) is 13.2 Å². The molecule has 0 aliphatic rings. The van der Waals surface area contributed by atoms with E-state index in [0.29, 0.717) is 16.3 Å². The van der Waals surface area contributed by atoms with Crippen LogP contribution in [0.3, 0.4) is 0 Å². The molecule has 3 rings (SSSR count). The molecule has 0 saturated heterocycles. The van der Waals surface area contributed by atoms with Crippen LogP contribution in [0.1, 0.15) is 5.69 Å². The van der Waals surface area contributed by atoms with E-state index in [-0.39, 0.29) is 15.7 Å². The quantitative estimate of drug-likeness (QED) is 0.727. The summed E-state index contributed by atoms with van der Waals surface area (Å²) in [6.07, 6.45) is -1.47. The lowest BCUT2D eigenvalue weighted by Crippen LogP contribution is -2.35. The van der Waals surface area contributed by atoms with E-state index in [1.54, 1.807) is 34.1 Å². The van der Waals surface area contributed by atoms with Gasteiger partial charge in [0.15, 0.2) is 0 Å². The van der Waals surface area contributed by atoms with Crippen LogP contribution in [0, 0.1) is 0 Å². The van der Waals surface area contributed by atoms with Crippen LogP contribution >= 0.6 is 23.2 Å². The highest BCUT2D eigenvalue weighted by Gasteiger charge is 2.33. The Bertz CT molecular complexity index is 999. The standard InChI is InChI=1S/C15H8Cl2F3N3O2/c16-9-5-8(6-10(17)13(9)22-3-1-2-4-22)23-12(24)7-11(15(18,19)20)21-14(23)25/h1-7H,(H,21,25). The largest absolute Gasteiger partial charge is 0.431 e. The number of nitrogens with one attached hydrogen (secondary N) is 1. The first-order valence-corrected chi connectivity index (χ1v) is 7.50. The molecule has 0 atom stereocenters. The van der Waals surface area contributed by atoms with Crippen molar-refractivity contribution in [3.63, 3.8) is 0 Å². The number of rotatable bonds is 2. The van der Waals surface area contributed by atoms with Gasteiger partial charge < -0.3 is 9.55 Å². The molecule has 2 aromatic heterocycles. The number of halogens is 5. The third-order valence-corrected chi connectivity index (χ3v) is 3.94. The number of nitrogens with zero attached hydrogens (tertiary/aromatic N) is 2. The van der Waals surface area contributed by atoms with Gasteiger partial charge in [-0.05, 0) is 24.3 Å². The molecule has 1 N–H and O–H groups in total. The zero-order valence-electron chi connectivity index (χ0n) is 12.1. The zero-order valence-corrected chi connectivity index (χ0v) is 13.7. The molecule has 25 heavy (non-hydrogen) atoms. The van der Waals surface area contributed by atoms with Crippen LogP contribution in [-0.4, -0.2) is 14.1 Å². The van der Waals surface area contributed by atoms with Gasteiger partial charge in [0.25, 0.3) is 5.56 Å². The molecule has 130 valence electrons. The van der Waals surface area contributed by atoms with Gasteiger partial charge in [-0.2, -0.15) is 13.2 Å². The molecular formula is C15H8Cl2F3N3O2. The summed E-state index contributed by atoms with van der Waals surface area (Å²) < 4.78 is 40.1. The maximum Gasteiger partial charge on any atom is 0.431 e. The number of hydrogen-bond acceptors (Lipinski definition) is 2. The van der Waals surface area contributed by atoms with E-state index in [9.17, 15) is 22.8 Å². The minimum Gasteiger partial charge on any atom is -0.321 e. The molecule has 0 spiro atoms. The summed E-state index contributed by atoms with van der Waals surface area (Å²) in [7, 11) is 0. The van der Waals surface area contributed by atoms with Crippen molar-refractivity contribution in [2.24, 2.45) is 0 Å². The third kappa shape index (κ3) is 3.22. The Morgan fingerprint density at radius 2 is 1.52 bits per heavy atom. The van der Waals surface area contributed by atoms with Gasteiger partial charge in [0, 0.05) is 18.5 Å². The highest BCUT2D eigenvalue weighted by molar-refractivity contribution is 6.38. The lowest BCUT2D eigenvalue weighted by molar-refractivity contribution is -0.141. The average Bonchev–Trinajstić information content (AvgIpc) is 2.98. The van der Waals surface area contributed by atoms with Gasteiger partial charge in [-0.3, -0.25) is 4.79 Å². The summed E-state index contributed by atoms with van der Waals surface area (Å²) in [5.41, 5.74) is -3.48. The Morgan fingerprint density at radius 1 is 0.960 bits per heavy atom. The Balaban J connectivity index is 2.19. The van der Waals surface area contributed by atoms with Crippen LogP contribution in [0.25, 0.3) is 11.4 Å². The van der Waals surface area contributed by atoms with Gasteiger partial charge in [-0.15, -0.1) is 0 Å². The van der Waals surface area contributed by atoms with Gasteiger partial charge in [0.2, 0.25) is 0 Å². The minimum absolute atomic E-state index is 0.0501. The van der Waals surface area contributed by atoms with Crippen molar-refractivity contribution in [2.75, 3.05) is 0 Å². The topological polar surface area (TPSA) is 59.8 Å². The molecular weight excluding hydrogens is 382 g/mol. The van der Waals surface area contributed by atoms with E-state index in [1.165, 1.54) is 12.1 Å². The summed E-state index contributed by atoms with van der Waals surface area (Å²) in [5, 5.41) is 0.231. The van der Waals surface area contributed by atoms with Gasteiger partial charge in [-0.1, -0.05) is 23.2 Å². The summed E-state index contributed by atoms with van der Waals surface area (Å²) in [4.78, 5) is 25.6. The fraction of sp³-hybridized carbons (Fsp3) is 0.0667. The predicted molar refractivity (Wildman–Crippen MR) is 87.0 cm³/mol. The van der Waals surface area contributed by atoms with Crippen LogP contribution in [0.5, 0.6) is 0 Å². The van der Waals surface area contributed by atoms with Crippen molar-refractivity contribution in [1.29, 1.82) is 0 Å². The fourth-order valence-electron chi connectivity index (χ4n) is 2.30. The Hall–Kier alpha value is -2.45. The first-order chi connectivity index (χ1) is 11.7. The molecule has 0 bridgehead atoms. The van der Waals surface area contributed by atoms with E-state index in [1.807, 2.05) is 0 Å². The molecule has 0 radical (unpaired) electrons. The normalized spacial score (nSPS) is 11.7. The molecule has 0 amide bonds. The molecule has 5 nitrogen and oxygen atoms in total. The Morgan fingerprint density at radius 3 is 2.00 bits per heavy atom. The molecule has 0 unspecified atom stereocenters. The van der Waals surface area contributed by atoms with Crippen molar-refractivity contribution in [3.05, 3.63) is 79.3 Å². The van der Waals surface area contributed by atoms with Crippen LogP contribution < -0.4 is 11.2 Å². The summed E-state index contributed by atoms with van der Waals surface area (Å²) >= 11 is 12.3. The average molecular weight is 390 g/mol. The molecule has 0 aliphatic carbocycles. The predicted octanol–water partition coefficient (Wildman–Crippen LogP) is 3.64. The van der Waals surface area contributed by atoms with E-state index in [0.717, 1.165) is 0 Å². The maximum atomic E-state index is 12.7. The van der Waals surface area contributed by atoms with Gasteiger partial charge in [0.05, 0.1) is 21.4 Å². The molecule has 1 aromatic carbocycles. The van der Waals surface area contributed by atoms with Gasteiger partial charge >= 0.3 is 11.9 Å². The smallest absolute Gasteiger partial charge is 0.321 e. The SMILES string of the molecule is O=c1cc(C(F)(F)F)[nH]c(=O)n1-c1cc(Cl)c(-n2cccc2)c(Cl)c1. The van der Waals surface area contributed by atoms with E-state index in [4.69, 9.17) is 23.2 Å². The fourth-order valence-corrected chi connectivity index (χ4v) is 2.97. The number of hydrogen-bond donors (Lipinski definition) is 1. The second-order valence-corrected chi connectivity index (χ2v) is 5.82. The van der Waals surface area contributed by atoms with Crippen molar-refractivity contribution in [3.8, 4) is 11.4 Å². The third-order valence-electron chi connectivity index (χ3n) is 3.36. The highest BCUT2D eigenvalue weighted by atomic mass is 35.5. The molecule has 0 aliphatic heterocycles. The number of aromatic amines is 1. The van der Waals surface area contributed by atoms with Crippen molar-refractivity contribution >= 4 is 23.2 Å². The van der Waals surface area contributed by atoms with Crippen molar-refractivity contribution in [2.45, 2.75) is 6.18 Å². The van der Waals surface area contributed by atoms with Gasteiger partial charge in [0.1, 0.15) is 5.69 Å². The Kier molecular flexibility index (Phi) is 4.26. The molecule has 3 aromatic rings. The molecule has 0 fully saturated rings. The lowest BCUT2D eigenvalue weighted by Gasteiger charge is -2.13. The summed E-state index contributed by atoms with van der Waals surface area (Å²) in [6, 6.07) is 6.32. The first kappa shape index (κ1) is 17.4. The van der Waals surface area contributed by atoms with Crippen LogP contribution in [0.15, 0.2) is 52.3 Å². The van der Waals surface area contributed by atoms with Crippen molar-refractivity contribution < 1.29 is 13.2 Å². The summed E-state index contributed by atoms with van der Waals surface area (Å²) in [5.74, 6) is 0. The van der Waals surface area contributed by atoms with Crippen molar-refractivity contribution in [1.82, 2.24) is 14.1 Å². The maximum absolute atomic E-state index is 12.7. The van der Waals surface area contributed by atoms with E-state index < -0.39 is 23.1 Å². The van der Waals surface area contributed by atoms with Crippen LogP contribution in [0.2, 0.25) is 10.0 Å². The first-order valence-electron chi connectivity index (χ1n) is 6.75. The zero-order chi connectivity index (χ0) is 18.4. The molecule has 0 saturated carbocycles. The second-order valence-electron chi connectivity index (χ2n) is 5.01. The number of aromatic nitrogens is 3. The van der Waals surface area contributed by atoms with Gasteiger partial charge in [-0.25, -0.2) is 9.36 Å². The Labute approximate surface area is 147 Å². The van der Waals surface area contributed by atoms with Crippen LogP contribution in [-0.2, 0) is 6.18 Å². The monoisotopic (exact) mass is 389 g/mol. The number of H-pyrrole nitrogens is 1. The highest BCUT2D eigenvalue weighted by Crippen LogP contribution is 2.31. The molecule has 2 heterocycles. The molecule has 10 heteroatoms. The van der Waals surface area contributed by atoms with E-state index >= 15 is 0 Å². The van der Waals surface area contributed by atoms with E-state index in [2.05, 4.69) is 0 Å². The lowest BCUT2D eigenvalue weighted by atomic mass is 10.2.